The molecule has 0 spiro atoms. The second kappa shape index (κ2) is 5.57. The zero-order valence-corrected chi connectivity index (χ0v) is 15.5. The highest BCUT2D eigenvalue weighted by atomic mass is 16.7. The van der Waals surface area contributed by atoms with Crippen molar-refractivity contribution in [2.45, 2.75) is 44.6 Å². The Hall–Kier alpha value is -1.88. The number of ether oxygens (including phenoxy) is 1. The Morgan fingerprint density at radius 2 is 2.15 bits per heavy atom. The van der Waals surface area contributed by atoms with E-state index >= 15 is 0 Å². The van der Waals surface area contributed by atoms with Crippen molar-refractivity contribution in [3.8, 4) is 0 Å². The monoisotopic (exact) mass is 370 g/mol. The fourth-order valence-corrected chi connectivity index (χ4v) is 7.21. The van der Waals surface area contributed by atoms with Crippen molar-refractivity contribution in [3.05, 3.63) is 36.1 Å². The van der Waals surface area contributed by atoms with Gasteiger partial charge in [0.25, 0.3) is 0 Å². The Morgan fingerprint density at radius 3 is 2.93 bits per heavy atom. The van der Waals surface area contributed by atoms with Crippen LogP contribution in [0.15, 0.2) is 36.1 Å². The van der Waals surface area contributed by atoms with Crippen LogP contribution in [-0.2, 0) is 9.53 Å². The van der Waals surface area contributed by atoms with Gasteiger partial charge in [-0.3, -0.25) is 4.79 Å². The lowest BCUT2D eigenvalue weighted by molar-refractivity contribution is -0.116. The zero-order chi connectivity index (χ0) is 19.0. The van der Waals surface area contributed by atoms with Crippen LogP contribution in [0.3, 0.4) is 0 Å². The summed E-state index contributed by atoms with van der Waals surface area (Å²) in [6.07, 6.45) is 12.3. The summed E-state index contributed by atoms with van der Waals surface area (Å²) in [5.74, 6) is 2.77. The van der Waals surface area contributed by atoms with E-state index in [1.165, 1.54) is 5.57 Å². The lowest BCUT2D eigenvalue weighted by Crippen LogP contribution is -2.53. The number of allylic oxidation sites excluding steroid dienone is 4. The van der Waals surface area contributed by atoms with Crippen LogP contribution in [0.25, 0.3) is 0 Å². The molecule has 3 saturated carbocycles. The van der Waals surface area contributed by atoms with Gasteiger partial charge in [-0.2, -0.15) is 0 Å². The van der Waals surface area contributed by atoms with Gasteiger partial charge in [0.05, 0.1) is 11.9 Å². The van der Waals surface area contributed by atoms with E-state index in [0.717, 1.165) is 31.9 Å². The standard InChI is InChI=1S/C22H26O5/c1-21-7-6-15-14-5-3-13(23)10-12(14)2-4-16(15)19(21)17-11-18(17)22(21,26)8-9-27-20(24)25/h2,4,8-10,14-19,26H,3,5-7,11H2,1H3,(H,24,25)/b9-8-/t14-,15+,16+,17+,18-,19+,21-,22-/m0/s1. The molecule has 5 aliphatic carbocycles. The van der Waals surface area contributed by atoms with E-state index in [1.54, 1.807) is 6.08 Å². The van der Waals surface area contributed by atoms with Crippen LogP contribution < -0.4 is 0 Å². The van der Waals surface area contributed by atoms with Gasteiger partial charge in [-0.1, -0.05) is 19.1 Å². The Kier molecular flexibility index (Phi) is 3.55. The molecule has 5 nitrogen and oxygen atoms in total. The second-order valence-electron chi connectivity index (χ2n) is 9.36. The number of hydrogen-bond acceptors (Lipinski definition) is 4. The summed E-state index contributed by atoms with van der Waals surface area (Å²) in [6, 6.07) is 0. The highest BCUT2D eigenvalue weighted by molar-refractivity contribution is 5.91. The van der Waals surface area contributed by atoms with Gasteiger partial charge in [-0.25, -0.2) is 4.79 Å². The molecular weight excluding hydrogens is 344 g/mol. The highest BCUT2D eigenvalue weighted by Gasteiger charge is 2.74. The predicted octanol–water partition coefficient (Wildman–Crippen LogP) is 3.70. The molecule has 0 saturated heterocycles. The average Bonchev–Trinajstić information content (AvgIpc) is 3.37. The van der Waals surface area contributed by atoms with Crippen LogP contribution in [0.2, 0.25) is 0 Å². The molecule has 5 rings (SSSR count). The molecule has 0 heterocycles. The Balaban J connectivity index is 1.48. The number of rotatable bonds is 2. The third-order valence-corrected chi connectivity index (χ3v) is 8.40. The van der Waals surface area contributed by atoms with Gasteiger partial charge in [0.15, 0.2) is 5.78 Å². The van der Waals surface area contributed by atoms with Gasteiger partial charge in [0.1, 0.15) is 0 Å². The number of fused-ring (bicyclic) bond motifs is 7. The summed E-state index contributed by atoms with van der Waals surface area (Å²) in [5, 5.41) is 20.3. The molecule has 0 aromatic heterocycles. The van der Waals surface area contributed by atoms with Crippen LogP contribution >= 0.6 is 0 Å². The summed E-state index contributed by atoms with van der Waals surface area (Å²) in [6.45, 7) is 2.18. The van der Waals surface area contributed by atoms with E-state index in [2.05, 4.69) is 23.8 Å². The Bertz CT molecular complexity index is 795. The van der Waals surface area contributed by atoms with Gasteiger partial charge in [0.2, 0.25) is 0 Å². The molecule has 0 aliphatic heterocycles. The SMILES string of the molecule is C[C@]12CC[C@H]3[C@@H](C=CC4=CC(=O)CC[C@@H]43)[C@@H]1[C@@H]1C[C@@H]1[C@@]2(O)/C=C\OC(=O)O. The fraction of sp³-hybridized carbons (Fsp3) is 0.636. The first kappa shape index (κ1) is 17.2. The molecule has 0 aromatic carbocycles. The van der Waals surface area contributed by atoms with E-state index in [0.29, 0.717) is 36.0 Å². The van der Waals surface area contributed by atoms with Crippen molar-refractivity contribution >= 4 is 11.9 Å². The molecule has 3 fully saturated rings. The van der Waals surface area contributed by atoms with Crippen LogP contribution in [0.4, 0.5) is 4.79 Å². The van der Waals surface area contributed by atoms with Crippen LogP contribution in [0.5, 0.6) is 0 Å². The molecule has 5 aliphatic rings. The minimum absolute atomic E-state index is 0.193. The smallest absolute Gasteiger partial charge is 0.449 e. The molecule has 0 unspecified atom stereocenters. The Labute approximate surface area is 158 Å². The van der Waals surface area contributed by atoms with Gasteiger partial charge in [-0.15, -0.1) is 0 Å². The molecule has 8 atom stereocenters. The van der Waals surface area contributed by atoms with E-state index in [-0.39, 0.29) is 17.1 Å². The molecule has 0 radical (unpaired) electrons. The third kappa shape index (κ3) is 2.27. The maximum absolute atomic E-state index is 11.8. The van der Waals surface area contributed by atoms with E-state index in [4.69, 9.17) is 5.11 Å². The minimum Gasteiger partial charge on any atom is -0.449 e. The largest absolute Gasteiger partial charge is 0.510 e. The van der Waals surface area contributed by atoms with Crippen molar-refractivity contribution in [1.82, 2.24) is 0 Å². The van der Waals surface area contributed by atoms with Crippen molar-refractivity contribution in [3.63, 3.8) is 0 Å². The van der Waals surface area contributed by atoms with Crippen LogP contribution in [0.1, 0.15) is 39.0 Å². The number of aliphatic hydroxyl groups is 1. The first-order chi connectivity index (χ1) is 12.8. The van der Waals surface area contributed by atoms with Crippen molar-refractivity contribution in [2.75, 3.05) is 0 Å². The quantitative estimate of drug-likeness (QED) is 0.572. The highest BCUT2D eigenvalue weighted by Crippen LogP contribution is 2.75. The second-order valence-corrected chi connectivity index (χ2v) is 9.36. The van der Waals surface area contributed by atoms with Crippen molar-refractivity contribution in [2.24, 2.45) is 40.9 Å². The molecule has 27 heavy (non-hydrogen) atoms. The van der Waals surface area contributed by atoms with Gasteiger partial charge in [0, 0.05) is 11.8 Å². The maximum atomic E-state index is 11.8. The number of carbonyl (C=O) groups is 2. The minimum atomic E-state index is -1.35. The lowest BCUT2D eigenvalue weighted by atomic mass is 9.50. The molecule has 5 heteroatoms. The average molecular weight is 370 g/mol. The first-order valence-electron chi connectivity index (χ1n) is 10.1. The number of ketones is 1. The van der Waals surface area contributed by atoms with Crippen molar-refractivity contribution < 1.29 is 24.5 Å². The predicted molar refractivity (Wildman–Crippen MR) is 97.6 cm³/mol. The molecule has 144 valence electrons. The van der Waals surface area contributed by atoms with Crippen LogP contribution in [-0.4, -0.2) is 27.8 Å². The van der Waals surface area contributed by atoms with Crippen molar-refractivity contribution in [1.29, 1.82) is 0 Å². The normalized spacial score (nSPS) is 49.7. The summed E-state index contributed by atoms with van der Waals surface area (Å²) < 4.78 is 4.57. The molecule has 0 aromatic rings. The fourth-order valence-electron chi connectivity index (χ4n) is 7.21. The van der Waals surface area contributed by atoms with Gasteiger partial charge in [-0.05, 0) is 78.9 Å². The lowest BCUT2D eigenvalue weighted by Gasteiger charge is -2.55. The van der Waals surface area contributed by atoms with Gasteiger partial charge >= 0.3 is 6.16 Å². The summed E-state index contributed by atoms with van der Waals surface area (Å²) in [7, 11) is 0. The topological polar surface area (TPSA) is 83.8 Å². The summed E-state index contributed by atoms with van der Waals surface area (Å²) >= 11 is 0. The van der Waals surface area contributed by atoms with E-state index in [1.807, 2.05) is 6.08 Å². The third-order valence-electron chi connectivity index (χ3n) is 8.40. The van der Waals surface area contributed by atoms with E-state index < -0.39 is 11.8 Å². The van der Waals surface area contributed by atoms with Crippen LogP contribution in [0, 0.1) is 40.9 Å². The number of carbonyl (C=O) groups excluding carboxylic acids is 1. The number of hydrogen-bond donors (Lipinski definition) is 2. The Morgan fingerprint density at radius 1 is 1.33 bits per heavy atom. The maximum Gasteiger partial charge on any atom is 0.510 e. The van der Waals surface area contributed by atoms with E-state index in [9.17, 15) is 14.7 Å². The summed E-state index contributed by atoms with van der Waals surface area (Å²) in [5.41, 5.74) is -0.0720. The molecule has 0 amide bonds. The zero-order valence-electron chi connectivity index (χ0n) is 15.5. The first-order valence-corrected chi connectivity index (χ1v) is 10.1. The molecule has 0 bridgehead atoms. The molecular formula is C22H26O5. The molecule has 2 N–H and O–H groups in total. The van der Waals surface area contributed by atoms with Gasteiger partial charge < -0.3 is 14.9 Å². The number of carboxylic acid groups (broad SMARTS) is 1. The summed E-state index contributed by atoms with van der Waals surface area (Å²) in [4.78, 5) is 22.5.